The Labute approximate surface area is 105 Å². The van der Waals surface area contributed by atoms with Gasteiger partial charge in [0, 0.05) is 0 Å². The normalized spacial score (nSPS) is 28.9. The summed E-state index contributed by atoms with van der Waals surface area (Å²) < 4.78 is 5.66. The maximum atomic E-state index is 12.2. The first kappa shape index (κ1) is 14.3. The van der Waals surface area contributed by atoms with Crippen LogP contribution in [-0.2, 0) is 9.53 Å². The highest BCUT2D eigenvalue weighted by molar-refractivity contribution is 5.78. The van der Waals surface area contributed by atoms with Gasteiger partial charge in [0.2, 0.25) is 0 Å². The highest BCUT2D eigenvalue weighted by Crippen LogP contribution is 2.30. The summed E-state index contributed by atoms with van der Waals surface area (Å²) >= 11 is 0. The van der Waals surface area contributed by atoms with Gasteiger partial charge in [-0.1, -0.05) is 26.0 Å². The Balaban J connectivity index is 2.53. The summed E-state index contributed by atoms with van der Waals surface area (Å²) in [4.78, 5) is 12.2. The Morgan fingerprint density at radius 1 is 1.35 bits per heavy atom. The van der Waals surface area contributed by atoms with Crippen molar-refractivity contribution in [2.75, 3.05) is 0 Å². The van der Waals surface area contributed by atoms with Gasteiger partial charge in [-0.15, -0.1) is 0 Å². The van der Waals surface area contributed by atoms with Gasteiger partial charge >= 0.3 is 5.97 Å². The lowest BCUT2D eigenvalue weighted by molar-refractivity contribution is -0.159. The van der Waals surface area contributed by atoms with Crippen molar-refractivity contribution in [1.29, 1.82) is 0 Å². The van der Waals surface area contributed by atoms with Gasteiger partial charge in [0.05, 0.1) is 5.41 Å². The number of allylic oxidation sites excluding steroid dienone is 1. The molecule has 1 atom stereocenters. The molecule has 98 valence electrons. The van der Waals surface area contributed by atoms with E-state index in [1.54, 1.807) is 0 Å². The van der Waals surface area contributed by atoms with Crippen molar-refractivity contribution >= 4 is 5.97 Å². The zero-order valence-corrected chi connectivity index (χ0v) is 11.7. The van der Waals surface area contributed by atoms with Crippen LogP contribution in [0.25, 0.3) is 0 Å². The van der Waals surface area contributed by atoms with Crippen LogP contribution in [0.2, 0.25) is 0 Å². The molecule has 0 bridgehead atoms. The van der Waals surface area contributed by atoms with E-state index in [1.807, 2.05) is 32.9 Å². The second kappa shape index (κ2) is 6.23. The van der Waals surface area contributed by atoms with Crippen LogP contribution in [0.4, 0.5) is 0 Å². The minimum Gasteiger partial charge on any atom is -0.462 e. The summed E-state index contributed by atoms with van der Waals surface area (Å²) in [5, 5.41) is 0. The molecule has 0 aromatic heterocycles. The zero-order valence-electron chi connectivity index (χ0n) is 11.7. The molecule has 1 rings (SSSR count). The number of hydrogen-bond acceptors (Lipinski definition) is 2. The van der Waals surface area contributed by atoms with E-state index in [-0.39, 0.29) is 12.1 Å². The molecule has 0 aromatic rings. The van der Waals surface area contributed by atoms with Crippen molar-refractivity contribution < 1.29 is 9.53 Å². The molecule has 2 heteroatoms. The molecule has 0 aliphatic heterocycles. The lowest BCUT2D eigenvalue weighted by Gasteiger charge is -2.30. The fraction of sp³-hybridized carbons (Fsp3) is 0.800. The molecule has 0 N–H and O–H groups in total. The standard InChI is InChI=1S/C15H26O2/c1-5-11-15(4,6-2)14(16)17-13-9-7-12(3)8-10-13/h5,11-13H,6-10H2,1-4H3/b11-5-. The van der Waals surface area contributed by atoms with Gasteiger partial charge in [-0.05, 0) is 51.9 Å². The number of rotatable bonds is 4. The predicted molar refractivity (Wildman–Crippen MR) is 70.7 cm³/mol. The third-order valence-electron chi connectivity index (χ3n) is 3.97. The average Bonchev–Trinajstić information content (AvgIpc) is 2.32. The smallest absolute Gasteiger partial charge is 0.315 e. The molecule has 17 heavy (non-hydrogen) atoms. The minimum atomic E-state index is -0.447. The van der Waals surface area contributed by atoms with Gasteiger partial charge in [-0.25, -0.2) is 0 Å². The van der Waals surface area contributed by atoms with Crippen molar-refractivity contribution in [3.63, 3.8) is 0 Å². The van der Waals surface area contributed by atoms with E-state index < -0.39 is 5.41 Å². The monoisotopic (exact) mass is 238 g/mol. The van der Waals surface area contributed by atoms with Gasteiger partial charge in [0.1, 0.15) is 6.10 Å². The summed E-state index contributed by atoms with van der Waals surface area (Å²) in [6.45, 7) is 8.21. The molecule has 1 unspecified atom stereocenters. The number of carbonyl (C=O) groups is 1. The maximum absolute atomic E-state index is 12.2. The van der Waals surface area contributed by atoms with Crippen molar-refractivity contribution in [2.24, 2.45) is 11.3 Å². The molecule has 0 saturated heterocycles. The molecule has 0 amide bonds. The van der Waals surface area contributed by atoms with E-state index in [0.717, 1.165) is 25.2 Å². The maximum Gasteiger partial charge on any atom is 0.315 e. The first-order valence-electron chi connectivity index (χ1n) is 6.86. The molecule has 1 aliphatic carbocycles. The molecule has 0 heterocycles. The summed E-state index contributed by atoms with van der Waals surface area (Å²) in [6, 6.07) is 0. The molecule has 0 radical (unpaired) electrons. The highest BCUT2D eigenvalue weighted by Gasteiger charge is 2.32. The Bertz CT molecular complexity index is 275. The van der Waals surface area contributed by atoms with Crippen molar-refractivity contribution in [2.45, 2.75) is 65.9 Å². The SMILES string of the molecule is C/C=C\C(C)(CC)C(=O)OC1CCC(C)CC1. The van der Waals surface area contributed by atoms with E-state index in [4.69, 9.17) is 4.74 Å². The highest BCUT2D eigenvalue weighted by atomic mass is 16.5. The van der Waals surface area contributed by atoms with Crippen molar-refractivity contribution in [1.82, 2.24) is 0 Å². The molecule has 0 spiro atoms. The largest absolute Gasteiger partial charge is 0.462 e. The lowest BCUT2D eigenvalue weighted by atomic mass is 9.86. The van der Waals surface area contributed by atoms with E-state index >= 15 is 0 Å². The average molecular weight is 238 g/mol. The van der Waals surface area contributed by atoms with Crippen LogP contribution in [0.15, 0.2) is 12.2 Å². The van der Waals surface area contributed by atoms with Gasteiger partial charge < -0.3 is 4.74 Å². The van der Waals surface area contributed by atoms with Gasteiger partial charge in [-0.3, -0.25) is 4.79 Å². The van der Waals surface area contributed by atoms with E-state index in [2.05, 4.69) is 6.92 Å². The fourth-order valence-corrected chi connectivity index (χ4v) is 2.33. The quantitative estimate of drug-likeness (QED) is 0.544. The van der Waals surface area contributed by atoms with Crippen LogP contribution < -0.4 is 0 Å². The zero-order chi connectivity index (χ0) is 12.9. The second-order valence-electron chi connectivity index (χ2n) is 5.56. The number of esters is 1. The molecule has 0 aromatic carbocycles. The molecule has 1 fully saturated rings. The van der Waals surface area contributed by atoms with Gasteiger partial charge in [-0.2, -0.15) is 0 Å². The van der Waals surface area contributed by atoms with Crippen LogP contribution >= 0.6 is 0 Å². The van der Waals surface area contributed by atoms with Crippen molar-refractivity contribution in [3.8, 4) is 0 Å². The van der Waals surface area contributed by atoms with Gasteiger partial charge in [0.25, 0.3) is 0 Å². The fourth-order valence-electron chi connectivity index (χ4n) is 2.33. The van der Waals surface area contributed by atoms with E-state index in [9.17, 15) is 4.79 Å². The number of carbonyl (C=O) groups excluding carboxylic acids is 1. The van der Waals surface area contributed by atoms with Crippen LogP contribution in [0.3, 0.4) is 0 Å². The molecular formula is C15H26O2. The first-order chi connectivity index (χ1) is 8.01. The van der Waals surface area contributed by atoms with Crippen LogP contribution in [0.5, 0.6) is 0 Å². The van der Waals surface area contributed by atoms with E-state index in [1.165, 1.54) is 12.8 Å². The second-order valence-corrected chi connectivity index (χ2v) is 5.56. The summed E-state index contributed by atoms with van der Waals surface area (Å²) in [5.74, 6) is 0.732. The molecular weight excluding hydrogens is 212 g/mol. The number of ether oxygens (including phenoxy) is 1. The third-order valence-corrected chi connectivity index (χ3v) is 3.97. The molecule has 2 nitrogen and oxygen atoms in total. The summed E-state index contributed by atoms with van der Waals surface area (Å²) in [7, 11) is 0. The summed E-state index contributed by atoms with van der Waals surface area (Å²) in [6.07, 6.45) is 9.27. The number of hydrogen-bond donors (Lipinski definition) is 0. The third kappa shape index (κ3) is 3.86. The van der Waals surface area contributed by atoms with Crippen LogP contribution in [0, 0.1) is 11.3 Å². The van der Waals surface area contributed by atoms with Crippen molar-refractivity contribution in [3.05, 3.63) is 12.2 Å². The summed E-state index contributed by atoms with van der Waals surface area (Å²) in [5.41, 5.74) is -0.447. The predicted octanol–water partition coefficient (Wildman–Crippen LogP) is 4.10. The van der Waals surface area contributed by atoms with Gasteiger partial charge in [0.15, 0.2) is 0 Å². The van der Waals surface area contributed by atoms with Crippen LogP contribution in [-0.4, -0.2) is 12.1 Å². The Kier molecular flexibility index (Phi) is 5.23. The van der Waals surface area contributed by atoms with Crippen LogP contribution in [0.1, 0.15) is 59.8 Å². The molecule has 1 saturated carbocycles. The first-order valence-corrected chi connectivity index (χ1v) is 6.86. The Morgan fingerprint density at radius 2 is 1.94 bits per heavy atom. The Hall–Kier alpha value is -0.790. The van der Waals surface area contributed by atoms with E-state index in [0.29, 0.717) is 0 Å². The lowest BCUT2D eigenvalue weighted by Crippen LogP contribution is -2.32. The topological polar surface area (TPSA) is 26.3 Å². The molecule has 1 aliphatic rings. The minimum absolute atomic E-state index is 0.0577. The Morgan fingerprint density at radius 3 is 2.41 bits per heavy atom.